The highest BCUT2D eigenvalue weighted by Gasteiger charge is 2.42. The first kappa shape index (κ1) is 28.7. The van der Waals surface area contributed by atoms with Crippen LogP contribution in [0, 0.1) is 5.92 Å². The molecule has 2 heterocycles. The van der Waals surface area contributed by atoms with Crippen LogP contribution >= 0.6 is 0 Å². The number of nitrogen functional groups attached to an aromatic ring is 1. The number of benzene rings is 1. The molecule has 1 aromatic carbocycles. The van der Waals surface area contributed by atoms with Crippen molar-refractivity contribution in [3.8, 4) is 0 Å². The molecule has 14 heteroatoms. The molecular weight excluding hydrogens is 534 g/mol. The highest BCUT2D eigenvalue weighted by Crippen LogP contribution is 2.38. The second kappa shape index (κ2) is 11.4. The summed E-state index contributed by atoms with van der Waals surface area (Å²) >= 11 is 0. The zero-order valence-corrected chi connectivity index (χ0v) is 20.8. The van der Waals surface area contributed by atoms with Crippen LogP contribution in [0.3, 0.4) is 0 Å². The predicted octanol–water partition coefficient (Wildman–Crippen LogP) is 4.61. The average molecular weight is 563 g/mol. The Bertz CT molecular complexity index is 1210. The van der Waals surface area contributed by atoms with Crippen LogP contribution < -0.4 is 11.3 Å². The largest absolute Gasteiger partial charge is 0.446 e. The minimum Gasteiger partial charge on any atom is -0.446 e. The van der Waals surface area contributed by atoms with Gasteiger partial charge in [0.1, 0.15) is 12.7 Å². The maximum absolute atomic E-state index is 13.5. The first-order valence-electron chi connectivity index (χ1n) is 12.4. The van der Waals surface area contributed by atoms with Crippen molar-refractivity contribution >= 4 is 12.0 Å². The molecule has 8 nitrogen and oxygen atoms in total. The molecule has 1 saturated carbocycles. The molecule has 214 valence electrons. The number of carbonyl (C=O) groups excluding carboxylic acids is 1. The van der Waals surface area contributed by atoms with Gasteiger partial charge in [-0.2, -0.15) is 26.3 Å². The van der Waals surface area contributed by atoms with Crippen LogP contribution in [0.5, 0.6) is 0 Å². The molecule has 0 radical (unpaired) electrons. The third-order valence-electron chi connectivity index (χ3n) is 6.99. The lowest BCUT2D eigenvalue weighted by Gasteiger charge is -2.33. The predicted molar refractivity (Wildman–Crippen MR) is 127 cm³/mol. The number of anilines is 1. The highest BCUT2D eigenvalue weighted by atomic mass is 19.4. The number of fused-ring (bicyclic) bond motifs is 1. The summed E-state index contributed by atoms with van der Waals surface area (Å²) in [4.78, 5) is 31.8. The zero-order valence-electron chi connectivity index (χ0n) is 20.8. The maximum atomic E-state index is 13.5. The molecule has 0 bridgehead atoms. The highest BCUT2D eigenvalue weighted by molar-refractivity contribution is 5.68. The van der Waals surface area contributed by atoms with Crippen molar-refractivity contribution in [2.75, 3.05) is 25.5 Å². The van der Waals surface area contributed by atoms with E-state index in [1.54, 1.807) is 30.3 Å². The van der Waals surface area contributed by atoms with Crippen LogP contribution in [0.1, 0.15) is 48.5 Å². The van der Waals surface area contributed by atoms with Crippen molar-refractivity contribution in [2.24, 2.45) is 5.92 Å². The molecule has 4 rings (SSSR count). The van der Waals surface area contributed by atoms with Gasteiger partial charge in [-0.1, -0.05) is 30.3 Å². The van der Waals surface area contributed by atoms with E-state index in [1.807, 2.05) is 0 Å². The molecule has 1 atom stereocenters. The van der Waals surface area contributed by atoms with E-state index >= 15 is 0 Å². The van der Waals surface area contributed by atoms with Crippen molar-refractivity contribution in [2.45, 2.75) is 63.1 Å². The second-order valence-corrected chi connectivity index (χ2v) is 9.70. The molecule has 0 spiro atoms. The van der Waals surface area contributed by atoms with Crippen LogP contribution in [0.2, 0.25) is 0 Å². The van der Waals surface area contributed by atoms with Gasteiger partial charge in [-0.15, -0.1) is 0 Å². The SMILES string of the molecule is Nc1nc2c(c(=O)n1C(COCC(F)(F)F)c1ccccc1)CCN(C(=O)O[C@H]1CC[C@@H](C(F)(F)F)CC1)C2. The fraction of sp³-hybridized carbons (Fsp3) is 0.560. The number of alkyl halides is 6. The number of hydrogen-bond donors (Lipinski definition) is 1. The summed E-state index contributed by atoms with van der Waals surface area (Å²) in [6.45, 7) is -2.00. The quantitative estimate of drug-likeness (QED) is 0.517. The van der Waals surface area contributed by atoms with Gasteiger partial charge in [-0.05, 0) is 37.7 Å². The standard InChI is InChI=1S/C25H28F6N4O4/c26-24(27,28)14-38-13-20(15-4-2-1-3-5-15)35-21(36)18-10-11-34(12-19(18)33-22(35)32)23(37)39-17-8-6-16(7-9-17)25(29,30)31/h1-5,16-17,20H,6-14H2,(H2,32,33)/t16-,17+,20?. The van der Waals surface area contributed by atoms with Gasteiger partial charge in [0.2, 0.25) is 5.95 Å². The molecule has 39 heavy (non-hydrogen) atoms. The number of ether oxygens (including phenoxy) is 2. The Morgan fingerprint density at radius 1 is 1.08 bits per heavy atom. The molecule has 1 fully saturated rings. The molecule has 1 aromatic heterocycles. The van der Waals surface area contributed by atoms with Crippen molar-refractivity contribution in [1.82, 2.24) is 14.5 Å². The van der Waals surface area contributed by atoms with Gasteiger partial charge in [0.25, 0.3) is 5.56 Å². The number of nitrogens with two attached hydrogens (primary N) is 1. The van der Waals surface area contributed by atoms with Crippen LogP contribution in [-0.2, 0) is 22.4 Å². The number of rotatable bonds is 6. The van der Waals surface area contributed by atoms with Gasteiger partial charge in [-0.3, -0.25) is 9.36 Å². The first-order chi connectivity index (χ1) is 18.3. The van der Waals surface area contributed by atoms with Gasteiger partial charge in [0.05, 0.1) is 30.8 Å². The third-order valence-corrected chi connectivity index (χ3v) is 6.99. The fourth-order valence-electron chi connectivity index (χ4n) is 4.98. The fourth-order valence-corrected chi connectivity index (χ4v) is 4.98. The summed E-state index contributed by atoms with van der Waals surface area (Å²) in [7, 11) is 0. The Kier molecular flexibility index (Phi) is 8.42. The van der Waals surface area contributed by atoms with E-state index in [2.05, 4.69) is 4.98 Å². The van der Waals surface area contributed by atoms with E-state index in [9.17, 15) is 35.9 Å². The molecule has 2 N–H and O–H groups in total. The summed E-state index contributed by atoms with van der Waals surface area (Å²) in [5, 5.41) is 0. The Labute approximate surface area is 219 Å². The van der Waals surface area contributed by atoms with E-state index in [1.165, 1.54) is 4.90 Å². The monoisotopic (exact) mass is 562 g/mol. The van der Waals surface area contributed by atoms with Crippen molar-refractivity contribution in [3.63, 3.8) is 0 Å². The Hall–Kier alpha value is -3.29. The topological polar surface area (TPSA) is 99.7 Å². The average Bonchev–Trinajstić information content (AvgIpc) is 2.87. The van der Waals surface area contributed by atoms with Crippen molar-refractivity contribution in [3.05, 3.63) is 57.5 Å². The number of hydrogen-bond acceptors (Lipinski definition) is 6. The molecule has 2 aromatic rings. The maximum Gasteiger partial charge on any atom is 0.411 e. The van der Waals surface area contributed by atoms with Gasteiger partial charge in [0, 0.05) is 12.1 Å². The number of aromatic nitrogens is 2. The Morgan fingerprint density at radius 3 is 2.36 bits per heavy atom. The van der Waals surface area contributed by atoms with Crippen LogP contribution in [0.15, 0.2) is 35.1 Å². The summed E-state index contributed by atoms with van der Waals surface area (Å²) in [5.74, 6) is -1.66. The van der Waals surface area contributed by atoms with Gasteiger partial charge >= 0.3 is 18.4 Å². The molecular formula is C25H28F6N4O4. The molecule has 1 aliphatic carbocycles. The lowest BCUT2D eigenvalue weighted by Crippen LogP contribution is -2.43. The van der Waals surface area contributed by atoms with Crippen LogP contribution in [0.4, 0.5) is 37.1 Å². The van der Waals surface area contributed by atoms with Crippen LogP contribution in [0.25, 0.3) is 0 Å². The second-order valence-electron chi connectivity index (χ2n) is 9.70. The van der Waals surface area contributed by atoms with E-state index in [0.29, 0.717) is 5.56 Å². The van der Waals surface area contributed by atoms with Crippen molar-refractivity contribution < 1.29 is 40.6 Å². The minimum absolute atomic E-state index is 0.0856. The Morgan fingerprint density at radius 2 is 1.74 bits per heavy atom. The first-order valence-corrected chi connectivity index (χ1v) is 12.4. The minimum atomic E-state index is -4.55. The number of amides is 1. The van der Waals surface area contributed by atoms with Gasteiger partial charge < -0.3 is 20.1 Å². The van der Waals surface area contributed by atoms with Crippen LogP contribution in [-0.4, -0.2) is 58.8 Å². The smallest absolute Gasteiger partial charge is 0.411 e. The lowest BCUT2D eigenvalue weighted by atomic mass is 9.87. The zero-order chi connectivity index (χ0) is 28.4. The van der Waals surface area contributed by atoms with Crippen molar-refractivity contribution in [1.29, 1.82) is 0 Å². The van der Waals surface area contributed by atoms with E-state index in [0.717, 1.165) is 4.57 Å². The molecule has 0 saturated heterocycles. The molecule has 1 amide bonds. The van der Waals surface area contributed by atoms with E-state index in [4.69, 9.17) is 15.2 Å². The number of carbonyl (C=O) groups is 1. The van der Waals surface area contributed by atoms with Gasteiger partial charge in [-0.25, -0.2) is 9.78 Å². The summed E-state index contributed by atoms with van der Waals surface area (Å²) in [5.41, 5.74) is 6.53. The molecule has 1 unspecified atom stereocenters. The molecule has 2 aliphatic rings. The summed E-state index contributed by atoms with van der Waals surface area (Å²) in [6, 6.07) is 7.33. The third kappa shape index (κ3) is 7.02. The van der Waals surface area contributed by atoms with E-state index in [-0.39, 0.29) is 62.4 Å². The lowest BCUT2D eigenvalue weighted by molar-refractivity contribution is -0.186. The van der Waals surface area contributed by atoms with Gasteiger partial charge in [0.15, 0.2) is 0 Å². The van der Waals surface area contributed by atoms with E-state index < -0.39 is 55.3 Å². The Balaban J connectivity index is 1.48. The number of halogens is 6. The summed E-state index contributed by atoms with van der Waals surface area (Å²) in [6.07, 6.45) is -10.1. The number of nitrogens with zero attached hydrogens (tertiary/aromatic N) is 3. The normalized spacial score (nSPS) is 20.8. The summed E-state index contributed by atoms with van der Waals surface area (Å²) < 4.78 is 88.2. The molecule has 1 aliphatic heterocycles.